The van der Waals surface area contributed by atoms with Crippen molar-refractivity contribution >= 4 is 15.8 Å². The lowest BCUT2D eigenvalue weighted by molar-refractivity contribution is -0.120. The summed E-state index contributed by atoms with van der Waals surface area (Å²) in [5.74, 6) is -0.159. The highest BCUT2D eigenvalue weighted by Crippen LogP contribution is 2.34. The van der Waals surface area contributed by atoms with Crippen molar-refractivity contribution in [2.24, 2.45) is 0 Å². The van der Waals surface area contributed by atoms with Gasteiger partial charge in [-0.15, -0.1) is 0 Å². The molecule has 98 valence electrons. The van der Waals surface area contributed by atoms with Gasteiger partial charge in [0.2, 0.25) is 10.0 Å². The number of likely N-dealkylation sites (N-methyl/N-ethyl adjacent to an activating group) is 1. The summed E-state index contributed by atoms with van der Waals surface area (Å²) >= 11 is 0. The zero-order valence-corrected chi connectivity index (χ0v) is 11.4. The largest absolute Gasteiger partial charge is 0.298 e. The molecule has 0 amide bonds. The molecule has 0 aliphatic heterocycles. The van der Waals surface area contributed by atoms with Crippen LogP contribution in [0.2, 0.25) is 0 Å². The molecule has 1 aliphatic carbocycles. The van der Waals surface area contributed by atoms with Crippen LogP contribution in [0.25, 0.3) is 0 Å². The SMILES string of the molecule is CC(=O)C(c1ccccc1)N(C)S(=O)(=O)C1CC1. The molecule has 1 atom stereocenters. The maximum atomic E-state index is 12.2. The molecule has 0 heterocycles. The van der Waals surface area contributed by atoms with Crippen LogP contribution in [0.15, 0.2) is 30.3 Å². The Morgan fingerprint density at radius 3 is 2.28 bits per heavy atom. The topological polar surface area (TPSA) is 54.5 Å². The van der Waals surface area contributed by atoms with Gasteiger partial charge in [-0.3, -0.25) is 4.79 Å². The first-order chi connectivity index (χ1) is 8.44. The summed E-state index contributed by atoms with van der Waals surface area (Å²) in [6, 6.07) is 8.31. The van der Waals surface area contributed by atoms with Crippen molar-refractivity contribution in [1.29, 1.82) is 0 Å². The molecular formula is C13H17NO3S. The van der Waals surface area contributed by atoms with Crippen LogP contribution in [-0.4, -0.2) is 30.8 Å². The molecule has 4 nitrogen and oxygen atoms in total. The van der Waals surface area contributed by atoms with Crippen molar-refractivity contribution in [3.63, 3.8) is 0 Å². The molecule has 1 aromatic carbocycles. The molecule has 1 saturated carbocycles. The van der Waals surface area contributed by atoms with Crippen molar-refractivity contribution in [2.75, 3.05) is 7.05 Å². The van der Waals surface area contributed by atoms with Crippen LogP contribution in [0.1, 0.15) is 31.4 Å². The standard InChI is InChI=1S/C13H17NO3S/c1-10(15)13(11-6-4-3-5-7-11)14(2)18(16,17)12-8-9-12/h3-7,12-13H,8-9H2,1-2H3. The van der Waals surface area contributed by atoms with E-state index in [0.29, 0.717) is 12.8 Å². The summed E-state index contributed by atoms with van der Waals surface area (Å²) in [5.41, 5.74) is 0.719. The van der Waals surface area contributed by atoms with Gasteiger partial charge in [-0.05, 0) is 25.3 Å². The van der Waals surface area contributed by atoms with E-state index in [1.54, 1.807) is 12.1 Å². The molecule has 1 aliphatic rings. The van der Waals surface area contributed by atoms with E-state index >= 15 is 0 Å². The number of sulfonamides is 1. The van der Waals surface area contributed by atoms with Gasteiger partial charge in [0.05, 0.1) is 5.25 Å². The molecule has 2 rings (SSSR count). The van der Waals surface area contributed by atoms with Crippen molar-refractivity contribution in [1.82, 2.24) is 4.31 Å². The summed E-state index contributed by atoms with van der Waals surface area (Å²) in [6.07, 6.45) is 1.40. The number of nitrogens with zero attached hydrogens (tertiary/aromatic N) is 1. The van der Waals surface area contributed by atoms with E-state index < -0.39 is 16.1 Å². The Hall–Kier alpha value is -1.20. The Morgan fingerprint density at radius 2 is 1.83 bits per heavy atom. The van der Waals surface area contributed by atoms with E-state index in [2.05, 4.69) is 0 Å². The van der Waals surface area contributed by atoms with Crippen LogP contribution in [0.3, 0.4) is 0 Å². The number of hydrogen-bond donors (Lipinski definition) is 0. The summed E-state index contributed by atoms with van der Waals surface area (Å²) < 4.78 is 25.6. The molecule has 0 bridgehead atoms. The van der Waals surface area contributed by atoms with Gasteiger partial charge in [0.15, 0.2) is 5.78 Å². The Bertz CT molecular complexity index is 535. The van der Waals surface area contributed by atoms with Crippen LogP contribution in [0.4, 0.5) is 0 Å². The normalized spacial score (nSPS) is 17.7. The Kier molecular flexibility index (Phi) is 3.54. The van der Waals surface area contributed by atoms with E-state index in [4.69, 9.17) is 0 Å². The average Bonchev–Trinajstić information content (AvgIpc) is 3.14. The molecule has 1 unspecified atom stereocenters. The molecular weight excluding hydrogens is 250 g/mol. The fourth-order valence-corrected chi connectivity index (χ4v) is 3.85. The van der Waals surface area contributed by atoms with Crippen LogP contribution in [0, 0.1) is 0 Å². The number of rotatable bonds is 5. The van der Waals surface area contributed by atoms with Gasteiger partial charge in [0.25, 0.3) is 0 Å². The number of benzene rings is 1. The molecule has 0 N–H and O–H groups in total. The molecule has 18 heavy (non-hydrogen) atoms. The number of ketones is 1. The van der Waals surface area contributed by atoms with E-state index in [1.807, 2.05) is 18.2 Å². The van der Waals surface area contributed by atoms with E-state index in [-0.39, 0.29) is 11.0 Å². The quantitative estimate of drug-likeness (QED) is 0.816. The molecule has 0 aromatic heterocycles. The molecule has 0 saturated heterocycles. The van der Waals surface area contributed by atoms with Crippen LogP contribution >= 0.6 is 0 Å². The van der Waals surface area contributed by atoms with Crippen molar-refractivity contribution in [3.8, 4) is 0 Å². The second-order valence-electron chi connectivity index (χ2n) is 4.68. The Morgan fingerprint density at radius 1 is 1.28 bits per heavy atom. The summed E-state index contributed by atoms with van der Waals surface area (Å²) in [6.45, 7) is 1.43. The van der Waals surface area contributed by atoms with Gasteiger partial charge in [0.1, 0.15) is 6.04 Å². The monoisotopic (exact) mass is 267 g/mol. The molecule has 5 heteroatoms. The lowest BCUT2D eigenvalue weighted by Crippen LogP contribution is -2.37. The van der Waals surface area contributed by atoms with Gasteiger partial charge >= 0.3 is 0 Å². The van der Waals surface area contributed by atoms with Crippen molar-refractivity contribution in [3.05, 3.63) is 35.9 Å². The minimum absolute atomic E-state index is 0.159. The maximum Gasteiger partial charge on any atom is 0.217 e. The van der Waals surface area contributed by atoms with E-state index in [1.165, 1.54) is 18.3 Å². The average molecular weight is 267 g/mol. The molecule has 0 spiro atoms. The predicted molar refractivity (Wildman–Crippen MR) is 69.6 cm³/mol. The third-order valence-electron chi connectivity index (χ3n) is 3.21. The van der Waals surface area contributed by atoms with E-state index in [0.717, 1.165) is 5.56 Å². The maximum absolute atomic E-state index is 12.2. The highest BCUT2D eigenvalue weighted by atomic mass is 32.2. The first-order valence-electron chi connectivity index (χ1n) is 5.97. The van der Waals surface area contributed by atoms with Crippen molar-refractivity contribution in [2.45, 2.75) is 31.1 Å². The van der Waals surface area contributed by atoms with Gasteiger partial charge in [0, 0.05) is 7.05 Å². The van der Waals surface area contributed by atoms with Crippen LogP contribution in [0.5, 0.6) is 0 Å². The lowest BCUT2D eigenvalue weighted by Gasteiger charge is -2.25. The highest BCUT2D eigenvalue weighted by molar-refractivity contribution is 7.90. The highest BCUT2D eigenvalue weighted by Gasteiger charge is 2.42. The second kappa shape index (κ2) is 4.82. The molecule has 1 aromatic rings. The Labute approximate surface area is 108 Å². The van der Waals surface area contributed by atoms with Gasteiger partial charge < -0.3 is 0 Å². The van der Waals surface area contributed by atoms with E-state index in [9.17, 15) is 13.2 Å². The van der Waals surface area contributed by atoms with Gasteiger partial charge in [-0.1, -0.05) is 30.3 Å². The lowest BCUT2D eigenvalue weighted by atomic mass is 10.0. The molecule has 1 fully saturated rings. The first kappa shape index (κ1) is 13.2. The fourth-order valence-electron chi connectivity index (χ4n) is 2.08. The number of hydrogen-bond acceptors (Lipinski definition) is 3. The third-order valence-corrected chi connectivity index (χ3v) is 5.54. The van der Waals surface area contributed by atoms with Crippen LogP contribution < -0.4 is 0 Å². The molecule has 0 radical (unpaired) electrons. The fraction of sp³-hybridized carbons (Fsp3) is 0.462. The van der Waals surface area contributed by atoms with Crippen molar-refractivity contribution < 1.29 is 13.2 Å². The zero-order chi connectivity index (χ0) is 13.3. The van der Waals surface area contributed by atoms with Crippen LogP contribution in [-0.2, 0) is 14.8 Å². The minimum Gasteiger partial charge on any atom is -0.298 e. The predicted octanol–water partition coefficient (Wildman–Crippen LogP) is 1.74. The number of carbonyl (C=O) groups is 1. The number of Topliss-reactive ketones (excluding diaryl/α,β-unsaturated/α-hetero) is 1. The Balaban J connectivity index is 2.34. The summed E-state index contributed by atoms with van der Waals surface area (Å²) in [5, 5.41) is -0.298. The second-order valence-corrected chi connectivity index (χ2v) is 6.96. The number of carbonyl (C=O) groups excluding carboxylic acids is 1. The third kappa shape index (κ3) is 2.47. The zero-order valence-electron chi connectivity index (χ0n) is 10.5. The first-order valence-corrected chi connectivity index (χ1v) is 7.47. The minimum atomic E-state index is -3.35. The smallest absolute Gasteiger partial charge is 0.217 e. The van der Waals surface area contributed by atoms with Gasteiger partial charge in [-0.25, -0.2) is 8.42 Å². The summed E-state index contributed by atoms with van der Waals surface area (Å²) in [7, 11) is -1.85. The van der Waals surface area contributed by atoms with Gasteiger partial charge in [-0.2, -0.15) is 4.31 Å². The summed E-state index contributed by atoms with van der Waals surface area (Å²) in [4.78, 5) is 11.8.